The molecule has 0 aliphatic heterocycles. The zero-order valence-corrected chi connectivity index (χ0v) is 11.0. The Balaban J connectivity index is 0.00000196. The number of nitrogen functional groups attached to an aromatic ring is 1. The van der Waals surface area contributed by atoms with Crippen molar-refractivity contribution in [3.8, 4) is 0 Å². The number of carboxylic acid groups (broad SMARTS) is 1. The molecule has 0 aliphatic carbocycles. The zero-order chi connectivity index (χ0) is 10.9. The van der Waals surface area contributed by atoms with Crippen LogP contribution in [0.25, 0.3) is 0 Å². The third kappa shape index (κ3) is 4.15. The van der Waals surface area contributed by atoms with Gasteiger partial charge in [0.2, 0.25) is 0 Å². The molecule has 0 amide bonds. The van der Waals surface area contributed by atoms with Crippen molar-refractivity contribution in [3.05, 3.63) is 23.8 Å². The Labute approximate surface area is 126 Å². The second kappa shape index (κ2) is 5.35. The first-order valence-electron chi connectivity index (χ1n) is 3.64. The van der Waals surface area contributed by atoms with Crippen molar-refractivity contribution in [2.24, 2.45) is 0 Å². The van der Waals surface area contributed by atoms with Gasteiger partial charge in [-0.05, 0) is 6.07 Å². The summed E-state index contributed by atoms with van der Waals surface area (Å²) in [7, 11) is 0. The average Bonchev–Trinajstić information content (AvgIpc) is 2.01. The molecule has 0 saturated carbocycles. The molecule has 0 heterocycles. The van der Waals surface area contributed by atoms with Gasteiger partial charge < -0.3 is 23.8 Å². The summed E-state index contributed by atoms with van der Waals surface area (Å²) < 4.78 is 36.7. The SMILES string of the molecule is Nc1cc(C(=O)O)cc([B-](F)(F)F)c1.[K+]. The number of hydrogen-bond acceptors (Lipinski definition) is 2. The molecule has 0 spiro atoms. The summed E-state index contributed by atoms with van der Waals surface area (Å²) in [6.07, 6.45) is 0. The van der Waals surface area contributed by atoms with Crippen LogP contribution in [0, 0.1) is 0 Å². The van der Waals surface area contributed by atoms with E-state index in [9.17, 15) is 17.7 Å². The second-order valence-corrected chi connectivity index (χ2v) is 2.77. The van der Waals surface area contributed by atoms with E-state index >= 15 is 0 Å². The number of nitrogens with two attached hydrogens (primary N) is 1. The van der Waals surface area contributed by atoms with Crippen molar-refractivity contribution in [1.82, 2.24) is 0 Å². The van der Waals surface area contributed by atoms with Gasteiger partial charge in [-0.3, -0.25) is 0 Å². The first kappa shape index (κ1) is 15.0. The number of benzene rings is 1. The number of halogens is 3. The van der Waals surface area contributed by atoms with Crippen molar-refractivity contribution < 1.29 is 74.2 Å². The summed E-state index contributed by atoms with van der Waals surface area (Å²) >= 11 is 0. The van der Waals surface area contributed by atoms with Gasteiger partial charge >= 0.3 is 64.3 Å². The predicted molar refractivity (Wildman–Crippen MR) is 46.5 cm³/mol. The van der Waals surface area contributed by atoms with E-state index in [-0.39, 0.29) is 57.1 Å². The molecular formula is C7H6BF3KNO2. The van der Waals surface area contributed by atoms with Gasteiger partial charge in [0, 0.05) is 5.69 Å². The number of rotatable bonds is 2. The molecule has 0 atom stereocenters. The summed E-state index contributed by atoms with van der Waals surface area (Å²) in [5.41, 5.74) is 3.47. The molecule has 0 radical (unpaired) electrons. The van der Waals surface area contributed by atoms with Crippen LogP contribution in [0.1, 0.15) is 10.4 Å². The first-order chi connectivity index (χ1) is 6.30. The Bertz CT molecular complexity index is 383. The van der Waals surface area contributed by atoms with Gasteiger partial charge in [-0.2, -0.15) is 0 Å². The Kier molecular flexibility index (Phi) is 5.35. The van der Waals surface area contributed by atoms with Crippen LogP contribution in [0.15, 0.2) is 18.2 Å². The van der Waals surface area contributed by atoms with E-state index in [1.165, 1.54) is 0 Å². The van der Waals surface area contributed by atoms with E-state index in [4.69, 9.17) is 10.8 Å². The van der Waals surface area contributed by atoms with Gasteiger partial charge in [0.25, 0.3) is 0 Å². The van der Waals surface area contributed by atoms with Gasteiger partial charge in [0.05, 0.1) is 5.56 Å². The van der Waals surface area contributed by atoms with Crippen molar-refractivity contribution in [3.63, 3.8) is 0 Å². The van der Waals surface area contributed by atoms with Crippen LogP contribution in [0.5, 0.6) is 0 Å². The molecule has 1 rings (SSSR count). The summed E-state index contributed by atoms with van der Waals surface area (Å²) in [6, 6.07) is 2.26. The average molecular weight is 243 g/mol. The summed E-state index contributed by atoms with van der Waals surface area (Å²) in [5.74, 6) is -1.43. The number of aromatic carboxylic acids is 1. The second-order valence-electron chi connectivity index (χ2n) is 2.77. The van der Waals surface area contributed by atoms with E-state index in [1.807, 2.05) is 0 Å². The van der Waals surface area contributed by atoms with Crippen LogP contribution in [0.3, 0.4) is 0 Å². The normalized spacial score (nSPS) is 10.6. The van der Waals surface area contributed by atoms with E-state index in [2.05, 4.69) is 0 Å². The summed E-state index contributed by atoms with van der Waals surface area (Å²) in [6.45, 7) is -5.21. The molecular weight excluding hydrogens is 237 g/mol. The molecule has 1 aromatic rings. The fourth-order valence-corrected chi connectivity index (χ4v) is 0.989. The Hall–Kier alpha value is -0.0187. The molecule has 3 N–H and O–H groups in total. The van der Waals surface area contributed by atoms with Gasteiger partial charge in [-0.1, -0.05) is 12.1 Å². The molecule has 0 unspecified atom stereocenters. The molecule has 8 heteroatoms. The van der Waals surface area contributed by atoms with Crippen LogP contribution in [0.2, 0.25) is 0 Å². The number of carbonyl (C=O) groups is 1. The molecule has 76 valence electrons. The number of anilines is 1. The maximum absolute atomic E-state index is 12.2. The van der Waals surface area contributed by atoms with Gasteiger partial charge in [-0.15, -0.1) is 5.46 Å². The molecule has 0 fully saturated rings. The van der Waals surface area contributed by atoms with E-state index in [1.54, 1.807) is 0 Å². The van der Waals surface area contributed by atoms with Gasteiger partial charge in [-0.25, -0.2) is 4.79 Å². The molecule has 3 nitrogen and oxygen atoms in total. The minimum absolute atomic E-state index is 0. The monoisotopic (exact) mass is 243 g/mol. The van der Waals surface area contributed by atoms with Crippen LogP contribution < -0.4 is 62.6 Å². The maximum Gasteiger partial charge on any atom is 1.00 e. The van der Waals surface area contributed by atoms with Crippen LogP contribution in [-0.2, 0) is 0 Å². The van der Waals surface area contributed by atoms with Crippen molar-refractivity contribution in [2.45, 2.75) is 0 Å². The minimum Gasteiger partial charge on any atom is -0.478 e. The standard InChI is InChI=1S/C7H6BF3NO2.K/c9-8(10,11)5-1-4(7(13)14)2-6(12)3-5;/h1-3H,12H2,(H,13,14);/q-1;+1. The molecule has 1 aromatic carbocycles. The molecule has 0 aliphatic rings. The largest absolute Gasteiger partial charge is 1.00 e. The first-order valence-corrected chi connectivity index (χ1v) is 3.64. The Morgan fingerprint density at radius 2 is 1.80 bits per heavy atom. The Morgan fingerprint density at radius 1 is 1.27 bits per heavy atom. The van der Waals surface area contributed by atoms with Crippen LogP contribution in [-0.4, -0.2) is 18.1 Å². The molecule has 15 heavy (non-hydrogen) atoms. The topological polar surface area (TPSA) is 63.3 Å². The third-order valence-electron chi connectivity index (χ3n) is 1.60. The number of carboxylic acids is 1. The zero-order valence-electron chi connectivity index (χ0n) is 7.88. The smallest absolute Gasteiger partial charge is 0.478 e. The fraction of sp³-hybridized carbons (Fsp3) is 0. The van der Waals surface area contributed by atoms with Gasteiger partial charge in [0.1, 0.15) is 0 Å². The van der Waals surface area contributed by atoms with Gasteiger partial charge in [0.15, 0.2) is 0 Å². The third-order valence-corrected chi connectivity index (χ3v) is 1.60. The Morgan fingerprint density at radius 3 is 2.20 bits per heavy atom. The van der Waals surface area contributed by atoms with E-state index in [0.29, 0.717) is 12.1 Å². The van der Waals surface area contributed by atoms with E-state index in [0.717, 1.165) is 6.07 Å². The van der Waals surface area contributed by atoms with E-state index < -0.39 is 24.0 Å². The van der Waals surface area contributed by atoms with Crippen LogP contribution >= 0.6 is 0 Å². The maximum atomic E-state index is 12.2. The van der Waals surface area contributed by atoms with Crippen molar-refractivity contribution in [1.29, 1.82) is 0 Å². The molecule has 0 bridgehead atoms. The van der Waals surface area contributed by atoms with Crippen LogP contribution in [0.4, 0.5) is 18.6 Å². The quantitative estimate of drug-likeness (QED) is 0.467. The fourth-order valence-electron chi connectivity index (χ4n) is 0.989. The number of hydrogen-bond donors (Lipinski definition) is 2. The predicted octanol–water partition coefficient (Wildman–Crippen LogP) is -1.97. The molecule has 0 saturated heterocycles. The van der Waals surface area contributed by atoms with Crippen molar-refractivity contribution in [2.75, 3.05) is 5.73 Å². The summed E-state index contributed by atoms with van der Waals surface area (Å²) in [4.78, 5) is 10.4. The van der Waals surface area contributed by atoms with Crippen molar-refractivity contribution >= 4 is 24.1 Å². The minimum atomic E-state index is -5.21. The summed E-state index contributed by atoms with van der Waals surface area (Å²) in [5, 5.41) is 8.48. The molecule has 0 aromatic heterocycles.